The Labute approximate surface area is 412 Å². The average Bonchev–Trinajstić information content (AvgIpc) is 3.82. The lowest BCUT2D eigenvalue weighted by Crippen LogP contribution is -2.74. The summed E-state index contributed by atoms with van der Waals surface area (Å²) in [4.78, 5) is 68.3. The molecule has 1 aromatic heterocycles. The van der Waals surface area contributed by atoms with E-state index >= 15 is 0 Å². The van der Waals surface area contributed by atoms with Crippen molar-refractivity contribution in [3.63, 3.8) is 0 Å². The van der Waals surface area contributed by atoms with Crippen LogP contribution in [-0.4, -0.2) is 77.8 Å². The minimum atomic E-state index is -1.82. The minimum Gasteiger partial charge on any atom is -0.457 e. The van der Waals surface area contributed by atoms with E-state index in [2.05, 4.69) is 15.8 Å². The van der Waals surface area contributed by atoms with Crippen LogP contribution in [0, 0.1) is 0 Å². The zero-order valence-electron chi connectivity index (χ0n) is 38.5. The van der Waals surface area contributed by atoms with Crippen LogP contribution in [0.5, 0.6) is 0 Å². The first kappa shape index (κ1) is 48.5. The van der Waals surface area contributed by atoms with Crippen molar-refractivity contribution >= 4 is 68.3 Å². The molecule has 354 valence electrons. The van der Waals surface area contributed by atoms with Crippen LogP contribution in [0.2, 0.25) is 0 Å². The lowest BCUT2D eigenvalue weighted by Gasteiger charge is -2.49. The molecule has 3 atom stereocenters. The summed E-state index contributed by atoms with van der Waals surface area (Å²) in [7, 11) is -1.82. The van der Waals surface area contributed by atoms with E-state index < -0.39 is 74.5 Å². The minimum absolute atomic E-state index is 0.0397. The number of nitrogens with one attached hydrogen (secondary N) is 2. The van der Waals surface area contributed by atoms with Crippen LogP contribution < -0.4 is 10.6 Å². The van der Waals surface area contributed by atoms with Crippen molar-refractivity contribution in [2.24, 2.45) is 5.16 Å². The molecule has 8 rings (SSSR count). The van der Waals surface area contributed by atoms with Crippen molar-refractivity contribution in [1.82, 2.24) is 15.2 Å². The maximum absolute atomic E-state index is 14.7. The zero-order valence-corrected chi connectivity index (χ0v) is 40.8. The number of thiazole rings is 1. The number of alkyl halides is 1. The van der Waals surface area contributed by atoms with E-state index in [0.29, 0.717) is 16.3 Å². The molecule has 3 heterocycles. The quantitative estimate of drug-likeness (QED) is 0.0240. The Bertz CT molecular complexity index is 2770. The van der Waals surface area contributed by atoms with Crippen LogP contribution in [0.15, 0.2) is 173 Å². The van der Waals surface area contributed by atoms with Crippen molar-refractivity contribution in [2.45, 2.75) is 68.9 Å². The average molecular weight is 985 g/mol. The molecule has 0 radical (unpaired) electrons. The third-order valence-electron chi connectivity index (χ3n) is 11.4. The van der Waals surface area contributed by atoms with Gasteiger partial charge < -0.3 is 24.9 Å². The Morgan fingerprint density at radius 2 is 1.29 bits per heavy atom. The second-order valence-corrected chi connectivity index (χ2v) is 20.5. The zero-order chi connectivity index (χ0) is 48.9. The molecule has 0 bridgehead atoms. The van der Waals surface area contributed by atoms with Crippen molar-refractivity contribution in [1.29, 1.82) is 0 Å². The maximum atomic E-state index is 14.7. The molecule has 5 aromatic carbocycles. The number of hydrogen-bond donors (Lipinski definition) is 2. The molecule has 6 aromatic rings. The molecule has 69 heavy (non-hydrogen) atoms. The Morgan fingerprint density at radius 3 is 1.77 bits per heavy atom. The number of benzene rings is 5. The van der Waals surface area contributed by atoms with E-state index in [1.165, 1.54) is 25.2 Å². The number of oxime groups is 1. The highest BCUT2D eigenvalue weighted by atomic mass is 35.5. The van der Waals surface area contributed by atoms with Gasteiger partial charge in [0.1, 0.15) is 33.9 Å². The molecule has 0 spiro atoms. The number of aromatic nitrogens is 1. The first-order chi connectivity index (χ1) is 33.1. The number of hydrogen-bond acceptors (Lipinski definition) is 12. The third-order valence-corrected chi connectivity index (χ3v) is 14.1. The highest BCUT2D eigenvalue weighted by Crippen LogP contribution is 2.41. The predicted molar refractivity (Wildman–Crippen MR) is 267 cm³/mol. The van der Waals surface area contributed by atoms with Crippen molar-refractivity contribution < 1.29 is 37.7 Å². The molecule has 0 aliphatic carbocycles. The number of ether oxygens (including phenoxy) is 2. The van der Waals surface area contributed by atoms with Gasteiger partial charge in [-0.1, -0.05) is 157 Å². The molecule has 2 amide bonds. The Morgan fingerprint density at radius 1 is 0.797 bits per heavy atom. The van der Waals surface area contributed by atoms with Crippen molar-refractivity contribution in [3.8, 4) is 0 Å². The second kappa shape index (κ2) is 20.3. The van der Waals surface area contributed by atoms with Crippen molar-refractivity contribution in [3.05, 3.63) is 202 Å². The van der Waals surface area contributed by atoms with Gasteiger partial charge >= 0.3 is 11.9 Å². The van der Waals surface area contributed by atoms with Gasteiger partial charge in [0, 0.05) is 11.3 Å². The van der Waals surface area contributed by atoms with Gasteiger partial charge in [0.25, 0.3) is 11.8 Å². The number of rotatable bonds is 16. The summed E-state index contributed by atoms with van der Waals surface area (Å²) < 4.78 is 25.7. The first-order valence-electron chi connectivity index (χ1n) is 22.1. The molecule has 0 saturated carbocycles. The summed E-state index contributed by atoms with van der Waals surface area (Å²) in [6.45, 7) is 8.03. The first-order valence-corrected chi connectivity index (χ1v) is 24.9. The summed E-state index contributed by atoms with van der Waals surface area (Å²) in [5, 5.41) is 11.5. The number of nitrogens with zero attached hydrogens (tertiary/aromatic N) is 3. The topological polar surface area (TPSA) is 166 Å². The smallest absolute Gasteiger partial charge is 0.356 e. The van der Waals surface area contributed by atoms with Crippen LogP contribution >= 0.6 is 22.9 Å². The number of carbonyl (C=O) groups is 4. The summed E-state index contributed by atoms with van der Waals surface area (Å²) in [6, 6.07) is 46.6. The fourth-order valence-electron chi connectivity index (χ4n) is 8.08. The number of carbonyl (C=O) groups excluding carboxylic acids is 4. The van der Waals surface area contributed by atoms with Crippen LogP contribution in [-0.2, 0) is 49.8 Å². The third kappa shape index (κ3) is 10.3. The summed E-state index contributed by atoms with van der Waals surface area (Å²) in [5.74, 6) is -3.59. The number of β-lactam (4-membered cyclic amide) rings is 1. The molecule has 1 saturated heterocycles. The Balaban J connectivity index is 1.12. The van der Waals surface area contributed by atoms with E-state index in [1.54, 1.807) is 26.2 Å². The van der Waals surface area contributed by atoms with Gasteiger partial charge in [-0.3, -0.25) is 18.7 Å². The fourth-order valence-corrected chi connectivity index (χ4v) is 10.9. The van der Waals surface area contributed by atoms with Crippen molar-refractivity contribution in [2.75, 3.05) is 16.9 Å². The molecule has 16 heteroatoms. The lowest BCUT2D eigenvalue weighted by atomic mass is 9.77. The monoisotopic (exact) mass is 983 g/mol. The molecular formula is C53H50ClN5O8S2. The van der Waals surface area contributed by atoms with E-state index in [0.717, 1.165) is 21.6 Å². The van der Waals surface area contributed by atoms with Crippen LogP contribution in [0.1, 0.15) is 74.2 Å². The number of amides is 2. The van der Waals surface area contributed by atoms with Gasteiger partial charge in [-0.2, -0.15) is 0 Å². The van der Waals surface area contributed by atoms with Crippen LogP contribution in [0.3, 0.4) is 0 Å². The number of esters is 2. The summed E-state index contributed by atoms with van der Waals surface area (Å²) in [5.41, 5.74) is 0.357. The summed E-state index contributed by atoms with van der Waals surface area (Å²) >= 11 is 7.56. The molecule has 2 aliphatic rings. The van der Waals surface area contributed by atoms with Gasteiger partial charge in [-0.25, -0.2) is 14.6 Å². The van der Waals surface area contributed by atoms with Gasteiger partial charge in [0.2, 0.25) is 5.60 Å². The lowest BCUT2D eigenvalue weighted by molar-refractivity contribution is -0.179. The second-order valence-electron chi connectivity index (χ2n) is 17.8. The largest absolute Gasteiger partial charge is 0.457 e. The molecule has 13 nitrogen and oxygen atoms in total. The predicted octanol–water partition coefficient (Wildman–Crippen LogP) is 8.63. The van der Waals surface area contributed by atoms with Crippen LogP contribution in [0.4, 0.5) is 5.13 Å². The normalized spacial score (nSPS) is 17.4. The van der Waals surface area contributed by atoms with Crippen LogP contribution in [0.25, 0.3) is 0 Å². The van der Waals surface area contributed by atoms with E-state index in [4.69, 9.17) is 30.9 Å². The molecule has 1 fully saturated rings. The Kier molecular flexibility index (Phi) is 14.3. The number of fused-ring (bicyclic) bond motifs is 1. The van der Waals surface area contributed by atoms with Gasteiger partial charge in [0.15, 0.2) is 16.9 Å². The van der Waals surface area contributed by atoms with Gasteiger partial charge in [-0.15, -0.1) is 22.9 Å². The van der Waals surface area contributed by atoms with E-state index in [-0.39, 0.29) is 28.6 Å². The SMILES string of the molecule is CC(C)(C)OC(=O)C(C)(C)O/N=C(\C(=O)NC1C(=O)N2C(C(=O)OC(c3ccccc3)c3ccccc3)=C(CCl)CS(=O)[C@H]12)c1csc(NC(c2ccccc2)(c2ccccc2)c2ccccc2)n1. The maximum Gasteiger partial charge on any atom is 0.356 e. The standard InChI is InChI=1S/C53H50ClN5O8S2/c1-51(2,3)66-49(63)52(4,5)67-58-41(40-32-68-50(55-40)57-53(37-25-15-8-16-26-37,38-27-17-9-18-28-38)39-29-19-10-20-30-39)45(60)56-42-46(61)59-43(36(31-54)33-69(64)47(42)59)48(62)65-44(34-21-11-6-12-22-34)35-23-13-7-14-24-35/h6-30,32,42,44,47H,31,33H2,1-5H3,(H,55,57)(H,56,60)/b58-41-/t42?,47-,69?/m1/s1. The molecule has 2 N–H and O–H groups in total. The highest BCUT2D eigenvalue weighted by Gasteiger charge is 2.58. The Hall–Kier alpha value is -6.94. The number of anilines is 1. The van der Waals surface area contributed by atoms with Gasteiger partial charge in [0.05, 0.1) is 16.6 Å². The fraction of sp³-hybridized carbons (Fsp3) is 0.245. The molecule has 2 unspecified atom stereocenters. The number of halogens is 1. The highest BCUT2D eigenvalue weighted by molar-refractivity contribution is 7.86. The van der Waals surface area contributed by atoms with Gasteiger partial charge in [-0.05, 0) is 68.0 Å². The van der Waals surface area contributed by atoms with E-state index in [1.807, 2.05) is 152 Å². The van der Waals surface area contributed by atoms with E-state index in [9.17, 15) is 23.4 Å². The molecule has 2 aliphatic heterocycles. The summed E-state index contributed by atoms with van der Waals surface area (Å²) in [6.07, 6.45) is -0.846. The molecular weight excluding hydrogens is 934 g/mol.